The summed E-state index contributed by atoms with van der Waals surface area (Å²) in [5.74, 6) is 0.119. The molecule has 84 valence electrons. The molecule has 0 saturated carbocycles. The summed E-state index contributed by atoms with van der Waals surface area (Å²) in [6.45, 7) is 5.14. The number of nitrogens with zero attached hydrogens (tertiary/aromatic N) is 2. The lowest BCUT2D eigenvalue weighted by molar-refractivity contribution is 0.503. The quantitative estimate of drug-likeness (QED) is 0.744. The molecule has 3 heteroatoms. The minimum Gasteiger partial charge on any atom is -0.365 e. The van der Waals surface area contributed by atoms with Crippen LogP contribution in [-0.4, -0.2) is 12.1 Å². The van der Waals surface area contributed by atoms with E-state index in [4.69, 9.17) is 16.9 Å². The average Bonchev–Trinajstić information content (AvgIpc) is 2.53. The fourth-order valence-electron chi connectivity index (χ4n) is 2.43. The van der Waals surface area contributed by atoms with Gasteiger partial charge >= 0.3 is 0 Å². The van der Waals surface area contributed by atoms with E-state index in [2.05, 4.69) is 24.8 Å². The molecular formula is C13H15ClN2. The second-order valence-corrected chi connectivity index (χ2v) is 5.37. The SMILES string of the molecule is CC1(C)CC(C#N)CN1c1cccc(Cl)c1. The lowest BCUT2D eigenvalue weighted by Crippen LogP contribution is -2.38. The zero-order valence-corrected chi connectivity index (χ0v) is 10.3. The van der Waals surface area contributed by atoms with Crippen molar-refractivity contribution in [3.8, 4) is 6.07 Å². The van der Waals surface area contributed by atoms with Gasteiger partial charge in [-0.05, 0) is 38.5 Å². The lowest BCUT2D eigenvalue weighted by Gasteiger charge is -2.33. The van der Waals surface area contributed by atoms with E-state index in [0.717, 1.165) is 23.7 Å². The topological polar surface area (TPSA) is 27.0 Å². The molecule has 2 nitrogen and oxygen atoms in total. The number of hydrogen-bond donors (Lipinski definition) is 0. The van der Waals surface area contributed by atoms with Crippen molar-refractivity contribution in [3.05, 3.63) is 29.3 Å². The number of hydrogen-bond acceptors (Lipinski definition) is 2. The first kappa shape index (κ1) is 11.3. The Morgan fingerprint density at radius 1 is 1.50 bits per heavy atom. The zero-order valence-electron chi connectivity index (χ0n) is 9.57. The van der Waals surface area contributed by atoms with Gasteiger partial charge in [-0.1, -0.05) is 17.7 Å². The number of halogens is 1. The molecule has 0 radical (unpaired) electrons. The average molecular weight is 235 g/mol. The third kappa shape index (κ3) is 2.01. The summed E-state index contributed by atoms with van der Waals surface area (Å²) in [4.78, 5) is 2.27. The second kappa shape index (κ2) is 3.99. The van der Waals surface area contributed by atoms with Crippen LogP contribution in [0.25, 0.3) is 0 Å². The molecule has 0 amide bonds. The van der Waals surface area contributed by atoms with Gasteiger partial charge in [0.05, 0.1) is 12.0 Å². The van der Waals surface area contributed by atoms with Crippen molar-refractivity contribution in [2.24, 2.45) is 5.92 Å². The first-order chi connectivity index (χ1) is 7.53. The van der Waals surface area contributed by atoms with Crippen LogP contribution in [0.5, 0.6) is 0 Å². The van der Waals surface area contributed by atoms with E-state index >= 15 is 0 Å². The highest BCUT2D eigenvalue weighted by molar-refractivity contribution is 6.30. The molecule has 2 rings (SSSR count). The molecule has 1 aliphatic rings. The first-order valence-corrected chi connectivity index (χ1v) is 5.83. The molecule has 1 unspecified atom stereocenters. The Hall–Kier alpha value is -1.20. The zero-order chi connectivity index (χ0) is 11.8. The molecule has 0 bridgehead atoms. The highest BCUT2D eigenvalue weighted by Crippen LogP contribution is 2.37. The van der Waals surface area contributed by atoms with E-state index < -0.39 is 0 Å². The summed E-state index contributed by atoms with van der Waals surface area (Å²) in [5.41, 5.74) is 1.14. The number of anilines is 1. The maximum absolute atomic E-state index is 9.01. The van der Waals surface area contributed by atoms with E-state index in [-0.39, 0.29) is 11.5 Å². The van der Waals surface area contributed by atoms with Crippen molar-refractivity contribution in [1.29, 1.82) is 5.26 Å². The Kier molecular flexibility index (Phi) is 2.82. The fraction of sp³-hybridized carbons (Fsp3) is 0.462. The van der Waals surface area contributed by atoms with Crippen LogP contribution in [0.4, 0.5) is 5.69 Å². The Bertz CT molecular complexity index is 434. The van der Waals surface area contributed by atoms with Crippen molar-refractivity contribution >= 4 is 17.3 Å². The van der Waals surface area contributed by atoms with Gasteiger partial charge in [0.15, 0.2) is 0 Å². The lowest BCUT2D eigenvalue weighted by atomic mass is 9.97. The summed E-state index contributed by atoms with van der Waals surface area (Å²) in [6, 6.07) is 10.2. The normalized spacial score (nSPS) is 23.1. The van der Waals surface area contributed by atoms with E-state index in [9.17, 15) is 0 Å². The summed E-state index contributed by atoms with van der Waals surface area (Å²) >= 11 is 5.99. The standard InChI is InChI=1S/C13H15ClN2/c1-13(2)7-10(8-15)9-16(13)12-5-3-4-11(14)6-12/h3-6,10H,7,9H2,1-2H3. The first-order valence-electron chi connectivity index (χ1n) is 5.46. The molecule has 0 N–H and O–H groups in total. The third-order valence-corrected chi connectivity index (χ3v) is 3.42. The predicted octanol–water partition coefficient (Wildman–Crippen LogP) is 3.47. The number of nitriles is 1. The molecule has 1 fully saturated rings. The number of benzene rings is 1. The minimum absolute atomic E-state index is 0.0328. The summed E-state index contributed by atoms with van der Waals surface area (Å²) in [7, 11) is 0. The van der Waals surface area contributed by atoms with Crippen molar-refractivity contribution < 1.29 is 0 Å². The third-order valence-electron chi connectivity index (χ3n) is 3.18. The molecular weight excluding hydrogens is 220 g/mol. The molecule has 1 atom stereocenters. The van der Waals surface area contributed by atoms with Gasteiger partial charge in [0.25, 0.3) is 0 Å². The van der Waals surface area contributed by atoms with Crippen molar-refractivity contribution in [2.45, 2.75) is 25.8 Å². The minimum atomic E-state index is 0.0328. The van der Waals surface area contributed by atoms with Crippen molar-refractivity contribution in [2.75, 3.05) is 11.4 Å². The van der Waals surface area contributed by atoms with Gasteiger partial charge in [-0.2, -0.15) is 5.26 Å². The van der Waals surface area contributed by atoms with Gasteiger partial charge < -0.3 is 4.90 Å². The summed E-state index contributed by atoms with van der Waals surface area (Å²) < 4.78 is 0. The predicted molar refractivity (Wildman–Crippen MR) is 66.6 cm³/mol. The molecule has 0 aliphatic carbocycles. The molecule has 1 aromatic rings. The smallest absolute Gasteiger partial charge is 0.0675 e. The van der Waals surface area contributed by atoms with Crippen LogP contribution in [0, 0.1) is 17.2 Å². The molecule has 1 aromatic carbocycles. The monoisotopic (exact) mass is 234 g/mol. The van der Waals surface area contributed by atoms with E-state index in [1.54, 1.807) is 0 Å². The van der Waals surface area contributed by atoms with Crippen LogP contribution in [-0.2, 0) is 0 Å². The van der Waals surface area contributed by atoms with Gasteiger partial charge in [0, 0.05) is 22.8 Å². The molecule has 16 heavy (non-hydrogen) atoms. The summed E-state index contributed by atoms with van der Waals surface area (Å²) in [5, 5.41) is 9.76. The van der Waals surface area contributed by atoms with Crippen LogP contribution in [0.15, 0.2) is 24.3 Å². The van der Waals surface area contributed by atoms with Gasteiger partial charge in [0.1, 0.15) is 0 Å². The Labute approximate surface area is 101 Å². The van der Waals surface area contributed by atoms with Gasteiger partial charge in [0.2, 0.25) is 0 Å². The van der Waals surface area contributed by atoms with Crippen molar-refractivity contribution in [1.82, 2.24) is 0 Å². The van der Waals surface area contributed by atoms with Gasteiger partial charge in [-0.25, -0.2) is 0 Å². The van der Waals surface area contributed by atoms with Crippen LogP contribution in [0.1, 0.15) is 20.3 Å². The van der Waals surface area contributed by atoms with Crippen LogP contribution in [0.2, 0.25) is 5.02 Å². The van der Waals surface area contributed by atoms with Crippen LogP contribution < -0.4 is 4.90 Å². The Morgan fingerprint density at radius 2 is 2.25 bits per heavy atom. The molecule has 1 aliphatic heterocycles. The van der Waals surface area contributed by atoms with Crippen LogP contribution >= 0.6 is 11.6 Å². The molecule has 0 aromatic heterocycles. The number of rotatable bonds is 1. The van der Waals surface area contributed by atoms with E-state index in [1.165, 1.54) is 0 Å². The van der Waals surface area contributed by atoms with Gasteiger partial charge in [-0.15, -0.1) is 0 Å². The maximum Gasteiger partial charge on any atom is 0.0675 e. The Balaban J connectivity index is 2.31. The van der Waals surface area contributed by atoms with Crippen LogP contribution in [0.3, 0.4) is 0 Å². The van der Waals surface area contributed by atoms with E-state index in [1.807, 2.05) is 24.3 Å². The highest BCUT2D eigenvalue weighted by atomic mass is 35.5. The van der Waals surface area contributed by atoms with Gasteiger partial charge in [-0.3, -0.25) is 0 Å². The second-order valence-electron chi connectivity index (χ2n) is 4.93. The highest BCUT2D eigenvalue weighted by Gasteiger charge is 2.38. The summed E-state index contributed by atoms with van der Waals surface area (Å²) in [6.07, 6.45) is 0.913. The largest absolute Gasteiger partial charge is 0.365 e. The molecule has 1 heterocycles. The van der Waals surface area contributed by atoms with Crippen molar-refractivity contribution in [3.63, 3.8) is 0 Å². The molecule has 1 saturated heterocycles. The van der Waals surface area contributed by atoms with E-state index in [0.29, 0.717) is 0 Å². The fourth-order valence-corrected chi connectivity index (χ4v) is 2.62. The molecule has 0 spiro atoms. The maximum atomic E-state index is 9.01. The Morgan fingerprint density at radius 3 is 2.81 bits per heavy atom.